The van der Waals surface area contributed by atoms with E-state index in [4.69, 9.17) is 4.98 Å². The summed E-state index contributed by atoms with van der Waals surface area (Å²) in [6, 6.07) is 5.52. The molecule has 1 fully saturated rings. The van der Waals surface area contributed by atoms with E-state index < -0.39 is 0 Å². The van der Waals surface area contributed by atoms with Crippen molar-refractivity contribution in [2.75, 3.05) is 36.4 Å². The largest absolute Gasteiger partial charge is 0.340 e. The van der Waals surface area contributed by atoms with E-state index in [1.807, 2.05) is 22.8 Å². The number of nitrogens with zero attached hydrogens (tertiary/aromatic N) is 6. The molecule has 0 aliphatic carbocycles. The van der Waals surface area contributed by atoms with Gasteiger partial charge in [-0.2, -0.15) is 9.97 Å². The van der Waals surface area contributed by atoms with Crippen LogP contribution in [-0.4, -0.2) is 50.3 Å². The summed E-state index contributed by atoms with van der Waals surface area (Å²) in [7, 11) is 1.69. The summed E-state index contributed by atoms with van der Waals surface area (Å²) in [4.78, 5) is 28.9. The Bertz CT molecular complexity index is 1100. The quantitative estimate of drug-likeness (QED) is 0.646. The van der Waals surface area contributed by atoms with E-state index in [1.54, 1.807) is 20.2 Å². The number of pyridine rings is 1. The van der Waals surface area contributed by atoms with Gasteiger partial charge in [-0.05, 0) is 19.1 Å². The second kappa shape index (κ2) is 7.70. The van der Waals surface area contributed by atoms with Crippen LogP contribution < -0.4 is 21.1 Å². The van der Waals surface area contributed by atoms with Crippen LogP contribution in [0, 0.1) is 11.8 Å². The minimum atomic E-state index is -0.171. The summed E-state index contributed by atoms with van der Waals surface area (Å²) in [5.41, 5.74) is 0.702. The number of hydrogen-bond donors (Lipinski definition) is 2. The molecule has 1 aliphatic heterocycles. The van der Waals surface area contributed by atoms with E-state index in [0.29, 0.717) is 29.5 Å². The van der Waals surface area contributed by atoms with Crippen molar-refractivity contribution in [2.24, 2.45) is 7.05 Å². The van der Waals surface area contributed by atoms with Crippen LogP contribution in [0.5, 0.6) is 0 Å². The van der Waals surface area contributed by atoms with Crippen LogP contribution in [0.1, 0.15) is 6.92 Å². The van der Waals surface area contributed by atoms with Crippen molar-refractivity contribution in [3.05, 3.63) is 34.7 Å². The average Bonchev–Trinajstić information content (AvgIpc) is 3.10. The molecule has 0 amide bonds. The molecule has 0 saturated carbocycles. The number of rotatable bonds is 4. The highest BCUT2D eigenvalue weighted by molar-refractivity contribution is 5.76. The van der Waals surface area contributed by atoms with Gasteiger partial charge in [-0.25, -0.2) is 4.98 Å². The Morgan fingerprint density at radius 1 is 1.25 bits per heavy atom. The van der Waals surface area contributed by atoms with Gasteiger partial charge in [-0.1, -0.05) is 12.0 Å². The standard InChI is InChI=1S/C19H22N8O/c1-3-4-11-27-15-16(24-19(27)26-12-9-20-10-13-26)23-18(25(2)17(15)28)22-14-7-5-6-8-21-14/h5-8,20H,9-13H2,1-2H3,(H,21,22,23). The molecule has 0 bridgehead atoms. The van der Waals surface area contributed by atoms with Crippen LogP contribution in [0.2, 0.25) is 0 Å². The molecule has 0 spiro atoms. The minimum absolute atomic E-state index is 0.171. The molecule has 3 aromatic rings. The fraction of sp³-hybridized carbons (Fsp3) is 0.368. The van der Waals surface area contributed by atoms with Crippen LogP contribution >= 0.6 is 0 Å². The van der Waals surface area contributed by atoms with Gasteiger partial charge in [0.05, 0.1) is 6.54 Å². The summed E-state index contributed by atoms with van der Waals surface area (Å²) in [6.07, 6.45) is 1.68. The van der Waals surface area contributed by atoms with Gasteiger partial charge in [0.25, 0.3) is 5.56 Å². The van der Waals surface area contributed by atoms with E-state index >= 15 is 0 Å². The maximum atomic E-state index is 13.1. The highest BCUT2D eigenvalue weighted by Crippen LogP contribution is 2.21. The first-order valence-corrected chi connectivity index (χ1v) is 9.19. The second-order valence-corrected chi connectivity index (χ2v) is 6.47. The maximum absolute atomic E-state index is 13.1. The molecule has 0 aromatic carbocycles. The topological polar surface area (TPSA) is 92.9 Å². The van der Waals surface area contributed by atoms with Crippen molar-refractivity contribution in [3.63, 3.8) is 0 Å². The minimum Gasteiger partial charge on any atom is -0.340 e. The molecule has 4 heterocycles. The van der Waals surface area contributed by atoms with E-state index in [1.165, 1.54) is 4.57 Å². The Morgan fingerprint density at radius 2 is 2.07 bits per heavy atom. The van der Waals surface area contributed by atoms with E-state index in [0.717, 1.165) is 32.1 Å². The summed E-state index contributed by atoms with van der Waals surface area (Å²) in [6.45, 7) is 5.58. The molecular weight excluding hydrogens is 356 g/mol. The number of imidazole rings is 1. The van der Waals surface area contributed by atoms with Crippen LogP contribution in [0.4, 0.5) is 17.7 Å². The smallest absolute Gasteiger partial charge is 0.281 e. The lowest BCUT2D eigenvalue weighted by Gasteiger charge is -2.28. The van der Waals surface area contributed by atoms with Crippen molar-refractivity contribution in [1.82, 2.24) is 29.4 Å². The van der Waals surface area contributed by atoms with Crippen molar-refractivity contribution in [2.45, 2.75) is 13.5 Å². The van der Waals surface area contributed by atoms with Crippen LogP contribution in [0.25, 0.3) is 11.2 Å². The second-order valence-electron chi connectivity index (χ2n) is 6.47. The number of anilines is 3. The van der Waals surface area contributed by atoms with Crippen LogP contribution in [0.3, 0.4) is 0 Å². The highest BCUT2D eigenvalue weighted by atomic mass is 16.1. The van der Waals surface area contributed by atoms with Gasteiger partial charge >= 0.3 is 0 Å². The van der Waals surface area contributed by atoms with Gasteiger partial charge in [0.15, 0.2) is 11.2 Å². The summed E-state index contributed by atoms with van der Waals surface area (Å²) < 4.78 is 3.35. The number of nitrogens with one attached hydrogen (secondary N) is 2. The summed E-state index contributed by atoms with van der Waals surface area (Å²) in [5.74, 6) is 7.70. The molecule has 144 valence electrons. The predicted octanol–water partition coefficient (Wildman–Crippen LogP) is 0.701. The zero-order valence-corrected chi connectivity index (χ0v) is 15.9. The highest BCUT2D eigenvalue weighted by Gasteiger charge is 2.23. The number of hydrogen-bond acceptors (Lipinski definition) is 7. The summed E-state index contributed by atoms with van der Waals surface area (Å²) >= 11 is 0. The number of fused-ring (bicyclic) bond motifs is 1. The molecule has 0 unspecified atom stereocenters. The van der Waals surface area contributed by atoms with Gasteiger partial charge in [0, 0.05) is 39.4 Å². The maximum Gasteiger partial charge on any atom is 0.281 e. The molecule has 2 N–H and O–H groups in total. The van der Waals surface area contributed by atoms with Crippen LogP contribution in [0.15, 0.2) is 29.2 Å². The number of piperazine rings is 1. The molecule has 28 heavy (non-hydrogen) atoms. The molecule has 0 radical (unpaired) electrons. The normalized spacial score (nSPS) is 14.0. The van der Waals surface area contributed by atoms with Crippen molar-refractivity contribution < 1.29 is 0 Å². The van der Waals surface area contributed by atoms with Crippen molar-refractivity contribution in [1.29, 1.82) is 0 Å². The summed E-state index contributed by atoms with van der Waals surface area (Å²) in [5, 5.41) is 6.43. The average molecular weight is 378 g/mol. The Labute approximate surface area is 162 Å². The predicted molar refractivity (Wildman–Crippen MR) is 109 cm³/mol. The lowest BCUT2D eigenvalue weighted by Crippen LogP contribution is -2.44. The molecule has 1 aliphatic rings. The monoisotopic (exact) mass is 378 g/mol. The molecule has 3 aromatic heterocycles. The molecule has 9 nitrogen and oxygen atoms in total. The lowest BCUT2D eigenvalue weighted by molar-refractivity contribution is 0.573. The fourth-order valence-corrected chi connectivity index (χ4v) is 3.23. The zero-order chi connectivity index (χ0) is 19.5. The van der Waals surface area contributed by atoms with Gasteiger partial charge in [0.1, 0.15) is 5.82 Å². The molecule has 1 saturated heterocycles. The third kappa shape index (κ3) is 3.30. The third-order valence-corrected chi connectivity index (χ3v) is 4.68. The third-order valence-electron chi connectivity index (χ3n) is 4.68. The first-order valence-electron chi connectivity index (χ1n) is 9.19. The molecule has 9 heteroatoms. The van der Waals surface area contributed by atoms with E-state index in [2.05, 4.69) is 37.3 Å². The Balaban J connectivity index is 1.85. The van der Waals surface area contributed by atoms with Crippen molar-refractivity contribution >= 4 is 28.9 Å². The Morgan fingerprint density at radius 3 is 2.79 bits per heavy atom. The van der Waals surface area contributed by atoms with E-state index in [-0.39, 0.29) is 5.56 Å². The first kappa shape index (κ1) is 18.0. The number of aromatic nitrogens is 5. The molecule has 4 rings (SSSR count). The van der Waals surface area contributed by atoms with Gasteiger partial charge < -0.3 is 15.5 Å². The fourth-order valence-electron chi connectivity index (χ4n) is 3.23. The first-order chi connectivity index (χ1) is 13.7. The SMILES string of the molecule is CC#CCn1c(N2CCNCC2)nc2nc(Nc3ccccn3)n(C)c(=O)c21. The Hall–Kier alpha value is -3.38. The van der Waals surface area contributed by atoms with Crippen LogP contribution in [-0.2, 0) is 13.6 Å². The van der Waals surface area contributed by atoms with Gasteiger partial charge in [-0.3, -0.25) is 13.9 Å². The molecular formula is C19H22N8O. The van der Waals surface area contributed by atoms with Gasteiger partial charge in [-0.15, -0.1) is 5.92 Å². The van der Waals surface area contributed by atoms with Crippen molar-refractivity contribution in [3.8, 4) is 11.8 Å². The van der Waals surface area contributed by atoms with E-state index in [9.17, 15) is 4.79 Å². The zero-order valence-electron chi connectivity index (χ0n) is 15.9. The lowest BCUT2D eigenvalue weighted by atomic mass is 10.4. The Kier molecular flexibility index (Phi) is 4.95. The molecule has 0 atom stereocenters. The van der Waals surface area contributed by atoms with Gasteiger partial charge in [0.2, 0.25) is 11.9 Å².